The molecule has 29 heavy (non-hydrogen) atoms. The number of imidazole rings is 1. The predicted octanol–water partition coefficient (Wildman–Crippen LogP) is 4.94. The lowest BCUT2D eigenvalue weighted by Crippen LogP contribution is -2.42. The van der Waals surface area contributed by atoms with Crippen LogP contribution in [0.2, 0.25) is 0 Å². The van der Waals surface area contributed by atoms with Crippen molar-refractivity contribution in [2.75, 3.05) is 12.3 Å². The summed E-state index contributed by atoms with van der Waals surface area (Å²) in [5.41, 5.74) is 3.98. The first-order chi connectivity index (χ1) is 14.1. The zero-order valence-corrected chi connectivity index (χ0v) is 17.8. The number of carbonyl (C=O) groups is 1. The number of hydrogen-bond donors (Lipinski definition) is 0. The van der Waals surface area contributed by atoms with Gasteiger partial charge in [-0.15, -0.1) is 0 Å². The number of benzene rings is 1. The highest BCUT2D eigenvalue weighted by Crippen LogP contribution is 2.30. The third kappa shape index (κ3) is 3.72. The highest BCUT2D eigenvalue weighted by atomic mass is 32.2. The van der Waals surface area contributed by atoms with E-state index in [1.54, 1.807) is 11.8 Å². The molecule has 2 heterocycles. The molecule has 0 atom stereocenters. The monoisotopic (exact) mass is 406 g/mol. The van der Waals surface area contributed by atoms with Gasteiger partial charge in [0, 0.05) is 12.6 Å². The quantitative estimate of drug-likeness (QED) is 0.563. The summed E-state index contributed by atoms with van der Waals surface area (Å²) >= 11 is 1.54. The molecule has 2 aromatic heterocycles. The number of hydrogen-bond acceptors (Lipinski definition) is 4. The highest BCUT2D eigenvalue weighted by Gasteiger charge is 2.24. The van der Waals surface area contributed by atoms with Gasteiger partial charge in [0.25, 0.3) is 0 Å². The van der Waals surface area contributed by atoms with Gasteiger partial charge in [-0.2, -0.15) is 5.26 Å². The minimum Gasteiger partial charge on any atom is -0.339 e. The number of carbonyl (C=O) groups excluding carboxylic acids is 1. The summed E-state index contributed by atoms with van der Waals surface area (Å²) in [6.45, 7) is 4.77. The molecule has 0 radical (unpaired) electrons. The van der Waals surface area contributed by atoms with E-state index in [4.69, 9.17) is 4.98 Å². The standard InChI is InChI=1S/C23H26N4OS/c1-3-26(17-9-5-4-6-10-17)21(28)15-29-22-13-16(2)18(14-24)23-25-19-11-7-8-12-20(19)27(22)23/h7-8,11-13,17H,3-6,9-10,15H2,1-2H3. The molecule has 1 aromatic carbocycles. The Labute approximate surface area is 175 Å². The minimum absolute atomic E-state index is 0.198. The van der Waals surface area contributed by atoms with Crippen molar-refractivity contribution in [3.05, 3.63) is 41.5 Å². The molecule has 1 aliphatic rings. The molecule has 0 unspecified atom stereocenters. The molecule has 4 rings (SSSR count). The summed E-state index contributed by atoms with van der Waals surface area (Å²) in [5, 5.41) is 10.6. The molecule has 3 aromatic rings. The topological polar surface area (TPSA) is 61.4 Å². The molecular weight excluding hydrogens is 380 g/mol. The van der Waals surface area contributed by atoms with Crippen molar-refractivity contribution in [3.63, 3.8) is 0 Å². The largest absolute Gasteiger partial charge is 0.339 e. The Hall–Kier alpha value is -2.52. The molecule has 0 aliphatic heterocycles. The van der Waals surface area contributed by atoms with Gasteiger partial charge in [0.15, 0.2) is 5.65 Å². The lowest BCUT2D eigenvalue weighted by molar-refractivity contribution is -0.131. The van der Waals surface area contributed by atoms with Crippen molar-refractivity contribution >= 4 is 34.3 Å². The Balaban J connectivity index is 1.65. The summed E-state index contributed by atoms with van der Waals surface area (Å²) < 4.78 is 2.02. The summed E-state index contributed by atoms with van der Waals surface area (Å²) in [7, 11) is 0. The van der Waals surface area contributed by atoms with Gasteiger partial charge in [0.05, 0.1) is 27.4 Å². The molecule has 1 amide bonds. The van der Waals surface area contributed by atoms with Crippen LogP contribution in [0.1, 0.15) is 50.2 Å². The van der Waals surface area contributed by atoms with E-state index in [0.717, 1.165) is 41.0 Å². The van der Waals surface area contributed by atoms with Crippen molar-refractivity contribution in [1.82, 2.24) is 14.3 Å². The third-order valence-corrected chi connectivity index (χ3v) is 6.86. The summed E-state index contributed by atoms with van der Waals surface area (Å²) in [6, 6.07) is 12.6. The molecular formula is C23H26N4OS. The third-order valence-electron chi connectivity index (χ3n) is 5.87. The molecule has 1 fully saturated rings. The van der Waals surface area contributed by atoms with Crippen molar-refractivity contribution in [2.24, 2.45) is 0 Å². The number of amides is 1. The number of aromatic nitrogens is 2. The van der Waals surface area contributed by atoms with Crippen molar-refractivity contribution in [2.45, 2.75) is 57.0 Å². The van der Waals surface area contributed by atoms with E-state index in [0.29, 0.717) is 23.0 Å². The second-order valence-electron chi connectivity index (χ2n) is 7.67. The van der Waals surface area contributed by atoms with E-state index in [1.807, 2.05) is 41.7 Å². The Bertz CT molecular complexity index is 1090. The van der Waals surface area contributed by atoms with Gasteiger partial charge in [-0.25, -0.2) is 4.98 Å². The van der Waals surface area contributed by atoms with Gasteiger partial charge in [0.2, 0.25) is 5.91 Å². The van der Waals surface area contributed by atoms with Crippen LogP contribution < -0.4 is 0 Å². The minimum atomic E-state index is 0.198. The molecule has 0 saturated heterocycles. The normalized spacial score (nSPS) is 14.9. The smallest absolute Gasteiger partial charge is 0.233 e. The molecule has 150 valence electrons. The summed E-state index contributed by atoms with van der Waals surface area (Å²) in [6.07, 6.45) is 5.97. The molecule has 1 aliphatic carbocycles. The fourth-order valence-corrected chi connectivity index (χ4v) is 5.42. The molecule has 0 bridgehead atoms. The second kappa shape index (κ2) is 8.46. The van der Waals surface area contributed by atoms with Crippen molar-refractivity contribution in [3.8, 4) is 6.07 Å². The van der Waals surface area contributed by atoms with Crippen LogP contribution in [0.4, 0.5) is 0 Å². The fraction of sp³-hybridized carbons (Fsp3) is 0.435. The van der Waals surface area contributed by atoms with Crippen LogP contribution in [0.25, 0.3) is 16.7 Å². The first-order valence-electron chi connectivity index (χ1n) is 10.4. The van der Waals surface area contributed by atoms with Gasteiger partial charge in [0.1, 0.15) is 6.07 Å². The van der Waals surface area contributed by atoms with E-state index in [-0.39, 0.29) is 5.91 Å². The molecule has 6 heteroatoms. The number of aryl methyl sites for hydroxylation is 1. The Kier molecular flexibility index (Phi) is 5.77. The highest BCUT2D eigenvalue weighted by molar-refractivity contribution is 7.99. The van der Waals surface area contributed by atoms with Crippen LogP contribution in [0.5, 0.6) is 0 Å². The Morgan fingerprint density at radius 1 is 1.31 bits per heavy atom. The van der Waals surface area contributed by atoms with E-state index < -0.39 is 0 Å². The van der Waals surface area contributed by atoms with E-state index in [1.165, 1.54) is 19.3 Å². The molecule has 0 spiro atoms. The Morgan fingerprint density at radius 3 is 2.79 bits per heavy atom. The van der Waals surface area contributed by atoms with Crippen molar-refractivity contribution < 1.29 is 4.79 Å². The first kappa shape index (κ1) is 19.8. The number of nitriles is 1. The maximum atomic E-state index is 13.0. The predicted molar refractivity (Wildman–Crippen MR) is 117 cm³/mol. The zero-order valence-electron chi connectivity index (χ0n) is 17.0. The van der Waals surface area contributed by atoms with E-state index >= 15 is 0 Å². The van der Waals surface area contributed by atoms with Crippen LogP contribution in [-0.4, -0.2) is 38.5 Å². The molecule has 5 nitrogen and oxygen atoms in total. The van der Waals surface area contributed by atoms with Crippen LogP contribution >= 0.6 is 11.8 Å². The second-order valence-corrected chi connectivity index (χ2v) is 8.67. The average molecular weight is 407 g/mol. The van der Waals surface area contributed by atoms with Crippen LogP contribution in [-0.2, 0) is 4.79 Å². The van der Waals surface area contributed by atoms with Gasteiger partial charge >= 0.3 is 0 Å². The zero-order chi connectivity index (χ0) is 20.4. The SMILES string of the molecule is CCN(C(=O)CSc1cc(C)c(C#N)c2nc3ccccc3n12)C1CCCCC1. The average Bonchev–Trinajstić information content (AvgIpc) is 3.13. The fourth-order valence-electron chi connectivity index (χ4n) is 4.41. The number of pyridine rings is 1. The molecule has 0 N–H and O–H groups in total. The van der Waals surface area contributed by atoms with Crippen LogP contribution in [0, 0.1) is 18.3 Å². The lowest BCUT2D eigenvalue weighted by atomic mass is 9.94. The van der Waals surface area contributed by atoms with Gasteiger partial charge in [-0.3, -0.25) is 9.20 Å². The first-order valence-corrected chi connectivity index (χ1v) is 11.4. The number of rotatable bonds is 5. The number of thioether (sulfide) groups is 1. The number of fused-ring (bicyclic) bond motifs is 3. The molecule has 1 saturated carbocycles. The van der Waals surface area contributed by atoms with E-state index in [9.17, 15) is 10.1 Å². The van der Waals surface area contributed by atoms with Crippen molar-refractivity contribution in [1.29, 1.82) is 5.26 Å². The van der Waals surface area contributed by atoms with E-state index in [2.05, 4.69) is 17.9 Å². The number of para-hydroxylation sites is 2. The summed E-state index contributed by atoms with van der Waals surface area (Å²) in [5.74, 6) is 0.598. The van der Waals surface area contributed by atoms with Gasteiger partial charge < -0.3 is 4.90 Å². The van der Waals surface area contributed by atoms with Gasteiger partial charge in [-0.1, -0.05) is 43.2 Å². The Morgan fingerprint density at radius 2 is 2.07 bits per heavy atom. The number of nitrogens with zero attached hydrogens (tertiary/aromatic N) is 4. The maximum absolute atomic E-state index is 13.0. The lowest BCUT2D eigenvalue weighted by Gasteiger charge is -2.33. The van der Waals surface area contributed by atoms with Crippen LogP contribution in [0.15, 0.2) is 35.4 Å². The summed E-state index contributed by atoms with van der Waals surface area (Å²) in [4.78, 5) is 19.8. The van der Waals surface area contributed by atoms with Crippen LogP contribution in [0.3, 0.4) is 0 Å². The maximum Gasteiger partial charge on any atom is 0.233 e. The van der Waals surface area contributed by atoms with Gasteiger partial charge in [-0.05, 0) is 50.5 Å².